The molecule has 5 heteroatoms. The lowest BCUT2D eigenvalue weighted by Crippen LogP contribution is -2.29. The third-order valence-corrected chi connectivity index (χ3v) is 5.30. The second-order valence-corrected chi connectivity index (χ2v) is 7.55. The topological polar surface area (TPSA) is 85.5 Å². The molecule has 0 unspecified atom stereocenters. The molecule has 0 aromatic heterocycles. The lowest BCUT2D eigenvalue weighted by Gasteiger charge is -2.26. The Hall–Kier alpha value is -3.41. The summed E-state index contributed by atoms with van der Waals surface area (Å²) in [5.74, 6) is 5.92. The van der Waals surface area contributed by atoms with E-state index < -0.39 is 5.60 Å². The minimum atomic E-state index is -0.911. The van der Waals surface area contributed by atoms with Crippen LogP contribution in [0.15, 0.2) is 47.5 Å². The molecule has 1 aliphatic heterocycles. The molecule has 2 aromatic carbocycles. The molecule has 2 aromatic rings. The summed E-state index contributed by atoms with van der Waals surface area (Å²) in [5.41, 5.74) is 2.98. The van der Waals surface area contributed by atoms with Crippen LogP contribution < -0.4 is 5.32 Å². The van der Waals surface area contributed by atoms with E-state index in [9.17, 15) is 9.90 Å². The fourth-order valence-electron chi connectivity index (χ4n) is 3.73. The number of hydrogen-bond acceptors (Lipinski definition) is 4. The molecule has 0 spiro atoms. The molecule has 0 saturated heterocycles. The summed E-state index contributed by atoms with van der Waals surface area (Å²) in [6, 6.07) is 14.7. The summed E-state index contributed by atoms with van der Waals surface area (Å²) >= 11 is 0. The fourth-order valence-corrected chi connectivity index (χ4v) is 3.73. The smallest absolute Gasteiger partial charge is 0.230 e. The molecule has 0 atom stereocenters. The molecule has 0 bridgehead atoms. The van der Waals surface area contributed by atoms with Crippen molar-refractivity contribution in [1.82, 2.24) is 0 Å². The number of carbonyl (C=O) groups is 1. The zero-order chi connectivity index (χ0) is 20.3. The number of nitrogens with one attached hydrogen (secondary N) is 1. The second-order valence-electron chi connectivity index (χ2n) is 7.55. The Morgan fingerprint density at radius 2 is 1.90 bits per heavy atom. The van der Waals surface area contributed by atoms with E-state index in [1.807, 2.05) is 18.2 Å². The number of fused-ring (bicyclic) bond motifs is 1. The lowest BCUT2D eigenvalue weighted by molar-refractivity contribution is -0.115. The molecule has 1 saturated carbocycles. The van der Waals surface area contributed by atoms with Crippen LogP contribution in [0.5, 0.6) is 0 Å². The summed E-state index contributed by atoms with van der Waals surface area (Å²) in [6.45, 7) is 0. The molecule has 1 aliphatic carbocycles. The summed E-state index contributed by atoms with van der Waals surface area (Å²) in [4.78, 5) is 17.1. The maximum absolute atomic E-state index is 12.4. The predicted octanol–water partition coefficient (Wildman–Crippen LogP) is 4.07. The first-order valence-electron chi connectivity index (χ1n) is 9.82. The van der Waals surface area contributed by atoms with Crippen LogP contribution in [0.2, 0.25) is 0 Å². The minimum Gasteiger partial charge on any atom is -0.378 e. The van der Waals surface area contributed by atoms with Crippen LogP contribution in [0.25, 0.3) is 0 Å². The summed E-state index contributed by atoms with van der Waals surface area (Å²) in [6.07, 6.45) is 4.68. The highest BCUT2D eigenvalue weighted by molar-refractivity contribution is 6.17. The van der Waals surface area contributed by atoms with Gasteiger partial charge in [-0.3, -0.25) is 9.79 Å². The van der Waals surface area contributed by atoms with Crippen molar-refractivity contribution in [2.24, 2.45) is 4.99 Å². The van der Waals surface area contributed by atoms with Crippen LogP contribution in [0, 0.1) is 23.2 Å². The maximum Gasteiger partial charge on any atom is 0.230 e. The quantitative estimate of drug-likeness (QED) is 0.728. The van der Waals surface area contributed by atoms with Crippen LogP contribution in [0.3, 0.4) is 0 Å². The molecular formula is C24H21N3O2. The lowest BCUT2D eigenvalue weighted by atomic mass is 9.85. The first-order chi connectivity index (χ1) is 14.0. The van der Waals surface area contributed by atoms with Gasteiger partial charge in [0.05, 0.1) is 35.1 Å². The molecule has 0 radical (unpaired) electrons. The first-order valence-corrected chi connectivity index (χ1v) is 9.82. The van der Waals surface area contributed by atoms with Gasteiger partial charge in [0.25, 0.3) is 0 Å². The normalized spacial score (nSPS) is 17.5. The molecule has 2 aliphatic rings. The number of hydrogen-bond donors (Lipinski definition) is 2. The highest BCUT2D eigenvalue weighted by Gasteiger charge is 2.26. The van der Waals surface area contributed by atoms with Crippen LogP contribution in [-0.4, -0.2) is 22.3 Å². The monoisotopic (exact) mass is 383 g/mol. The third-order valence-electron chi connectivity index (χ3n) is 5.30. The van der Waals surface area contributed by atoms with E-state index >= 15 is 0 Å². The molecular weight excluding hydrogens is 362 g/mol. The second kappa shape index (κ2) is 7.91. The molecule has 144 valence electrons. The Labute approximate surface area is 170 Å². The molecule has 29 heavy (non-hydrogen) atoms. The SMILES string of the molecule is N#Cc1cccc(C2=Nc3ccc(C#CC4(O)CCCCC4)cc3NC(=O)C2)c1. The predicted molar refractivity (Wildman–Crippen MR) is 112 cm³/mol. The van der Waals surface area contributed by atoms with Gasteiger partial charge >= 0.3 is 0 Å². The number of aliphatic imine (C=N–C) groups is 1. The largest absolute Gasteiger partial charge is 0.378 e. The number of anilines is 1. The van der Waals surface area contributed by atoms with E-state index in [1.54, 1.807) is 24.3 Å². The molecule has 5 nitrogen and oxygen atoms in total. The molecule has 1 heterocycles. The summed E-state index contributed by atoms with van der Waals surface area (Å²) < 4.78 is 0. The maximum atomic E-state index is 12.4. The van der Waals surface area contributed by atoms with Gasteiger partial charge in [-0.25, -0.2) is 0 Å². The van der Waals surface area contributed by atoms with Crippen molar-refractivity contribution in [1.29, 1.82) is 5.26 Å². The van der Waals surface area contributed by atoms with E-state index in [0.29, 0.717) is 35.5 Å². The Morgan fingerprint density at radius 3 is 2.69 bits per heavy atom. The highest BCUT2D eigenvalue weighted by Crippen LogP contribution is 2.31. The number of benzene rings is 2. The van der Waals surface area contributed by atoms with Crippen molar-refractivity contribution in [2.45, 2.75) is 44.1 Å². The van der Waals surface area contributed by atoms with E-state index in [-0.39, 0.29) is 12.3 Å². The van der Waals surface area contributed by atoms with E-state index in [2.05, 4.69) is 28.2 Å². The van der Waals surface area contributed by atoms with Crippen LogP contribution in [0.4, 0.5) is 11.4 Å². The first kappa shape index (κ1) is 18.9. The van der Waals surface area contributed by atoms with Crippen molar-refractivity contribution in [3.05, 3.63) is 59.2 Å². The standard InChI is InChI=1S/C24H21N3O2/c25-16-18-5-4-6-19(13-18)21-15-23(28)27-22-14-17(7-8-20(22)26-21)9-12-24(29)10-2-1-3-11-24/h4-8,13-14,29H,1-3,10-11,15H2,(H,27,28). The summed E-state index contributed by atoms with van der Waals surface area (Å²) in [7, 11) is 0. The van der Waals surface area contributed by atoms with Gasteiger partial charge in [0.2, 0.25) is 5.91 Å². The van der Waals surface area contributed by atoms with Gasteiger partial charge in [-0.05, 0) is 61.6 Å². The van der Waals surface area contributed by atoms with Gasteiger partial charge in [0, 0.05) is 5.56 Å². The van der Waals surface area contributed by atoms with E-state index in [1.165, 1.54) is 0 Å². The molecule has 2 N–H and O–H groups in total. The van der Waals surface area contributed by atoms with Gasteiger partial charge < -0.3 is 10.4 Å². The zero-order valence-electron chi connectivity index (χ0n) is 16.0. The average molecular weight is 383 g/mol. The minimum absolute atomic E-state index is 0.129. The van der Waals surface area contributed by atoms with Crippen LogP contribution >= 0.6 is 0 Å². The Morgan fingerprint density at radius 1 is 1.07 bits per heavy atom. The number of rotatable bonds is 1. The summed E-state index contributed by atoms with van der Waals surface area (Å²) in [5, 5.41) is 22.6. The molecule has 1 amide bonds. The van der Waals surface area contributed by atoms with E-state index in [4.69, 9.17) is 5.26 Å². The molecule has 4 rings (SSSR count). The zero-order valence-corrected chi connectivity index (χ0v) is 16.0. The number of nitrogens with zero attached hydrogens (tertiary/aromatic N) is 2. The van der Waals surface area contributed by atoms with Gasteiger partial charge in [-0.15, -0.1) is 0 Å². The Bertz CT molecular complexity index is 1090. The fraction of sp³-hybridized carbons (Fsp3) is 0.292. The van der Waals surface area contributed by atoms with Gasteiger partial charge in [-0.2, -0.15) is 5.26 Å². The van der Waals surface area contributed by atoms with Gasteiger partial charge in [0.1, 0.15) is 5.60 Å². The Balaban J connectivity index is 1.66. The number of carbonyl (C=O) groups excluding carboxylic acids is 1. The third kappa shape index (κ3) is 4.37. The molecule has 1 fully saturated rings. The number of nitriles is 1. The van der Waals surface area contributed by atoms with Crippen molar-refractivity contribution >= 4 is 23.0 Å². The van der Waals surface area contributed by atoms with Crippen molar-refractivity contribution < 1.29 is 9.90 Å². The van der Waals surface area contributed by atoms with Crippen LogP contribution in [-0.2, 0) is 4.79 Å². The average Bonchev–Trinajstić information content (AvgIpc) is 2.90. The Kier molecular flexibility index (Phi) is 5.16. The van der Waals surface area contributed by atoms with Crippen LogP contribution in [0.1, 0.15) is 55.2 Å². The van der Waals surface area contributed by atoms with Gasteiger partial charge in [-0.1, -0.05) is 30.4 Å². The van der Waals surface area contributed by atoms with E-state index in [0.717, 1.165) is 30.4 Å². The van der Waals surface area contributed by atoms with Crippen molar-refractivity contribution in [3.8, 4) is 17.9 Å². The number of aliphatic hydroxyl groups is 1. The van der Waals surface area contributed by atoms with Gasteiger partial charge in [0.15, 0.2) is 0 Å². The highest BCUT2D eigenvalue weighted by atomic mass is 16.3. The van der Waals surface area contributed by atoms with Crippen molar-refractivity contribution in [2.75, 3.05) is 5.32 Å². The van der Waals surface area contributed by atoms with Crippen molar-refractivity contribution in [3.63, 3.8) is 0 Å². The number of amides is 1.